The molecule has 25 heavy (non-hydrogen) atoms. The molecule has 1 aromatic carbocycles. The van der Waals surface area contributed by atoms with Gasteiger partial charge in [0.25, 0.3) is 5.91 Å². The van der Waals surface area contributed by atoms with Gasteiger partial charge in [-0.3, -0.25) is 9.59 Å². The third kappa shape index (κ3) is 3.89. The van der Waals surface area contributed by atoms with Crippen LogP contribution in [0.15, 0.2) is 29.3 Å². The zero-order valence-corrected chi connectivity index (χ0v) is 15.9. The van der Waals surface area contributed by atoms with Crippen molar-refractivity contribution >= 4 is 28.7 Å². The predicted octanol–water partition coefficient (Wildman–Crippen LogP) is 2.51. The third-order valence-corrected chi connectivity index (χ3v) is 6.47. The molecule has 0 saturated carbocycles. The van der Waals surface area contributed by atoms with Crippen LogP contribution in [-0.4, -0.2) is 58.2 Å². The molecule has 2 aliphatic rings. The van der Waals surface area contributed by atoms with Gasteiger partial charge < -0.3 is 9.80 Å². The van der Waals surface area contributed by atoms with Gasteiger partial charge in [0, 0.05) is 39.0 Å². The van der Waals surface area contributed by atoms with E-state index >= 15 is 0 Å². The smallest absolute Gasteiger partial charge is 0.262 e. The summed E-state index contributed by atoms with van der Waals surface area (Å²) in [5.41, 5.74) is 2.49. The molecular weight excluding hydrogens is 334 g/mol. The first-order valence-electron chi connectivity index (χ1n) is 8.88. The van der Waals surface area contributed by atoms with E-state index in [1.807, 2.05) is 4.90 Å². The number of aliphatic imine (C=N–C) groups is 1. The summed E-state index contributed by atoms with van der Waals surface area (Å²) < 4.78 is 0. The molecule has 6 heteroatoms. The van der Waals surface area contributed by atoms with Gasteiger partial charge >= 0.3 is 0 Å². The number of thioether (sulfide) groups is 1. The van der Waals surface area contributed by atoms with Crippen LogP contribution in [0.3, 0.4) is 0 Å². The van der Waals surface area contributed by atoms with Gasteiger partial charge in [-0.1, -0.05) is 49.9 Å². The Kier molecular flexibility index (Phi) is 5.47. The van der Waals surface area contributed by atoms with Crippen LogP contribution in [0.25, 0.3) is 0 Å². The van der Waals surface area contributed by atoms with E-state index in [-0.39, 0.29) is 23.0 Å². The summed E-state index contributed by atoms with van der Waals surface area (Å²) in [6.07, 6.45) is 1.02. The fourth-order valence-electron chi connectivity index (χ4n) is 3.25. The second-order valence-electron chi connectivity index (χ2n) is 6.65. The maximum Gasteiger partial charge on any atom is 0.262 e. The highest BCUT2D eigenvalue weighted by molar-refractivity contribution is 8.15. The van der Waals surface area contributed by atoms with Gasteiger partial charge in [0.2, 0.25) is 5.91 Å². The van der Waals surface area contributed by atoms with E-state index in [4.69, 9.17) is 0 Å². The number of hydrogen-bond acceptors (Lipinski definition) is 4. The highest BCUT2D eigenvalue weighted by Crippen LogP contribution is 2.35. The van der Waals surface area contributed by atoms with Crippen LogP contribution in [0.2, 0.25) is 0 Å². The molecule has 2 unspecified atom stereocenters. The summed E-state index contributed by atoms with van der Waals surface area (Å²) in [4.78, 5) is 32.2. The van der Waals surface area contributed by atoms with E-state index in [2.05, 4.69) is 48.0 Å². The number of piperazine rings is 1. The molecule has 0 aromatic heterocycles. The molecular formula is C19H25N3O2S. The van der Waals surface area contributed by atoms with Gasteiger partial charge in [-0.2, -0.15) is 4.99 Å². The molecule has 0 N–H and O–H groups in total. The lowest BCUT2D eigenvalue weighted by Gasteiger charge is -2.35. The van der Waals surface area contributed by atoms with Gasteiger partial charge in [-0.25, -0.2) is 0 Å². The van der Waals surface area contributed by atoms with E-state index in [1.54, 1.807) is 18.7 Å². The van der Waals surface area contributed by atoms with Crippen LogP contribution in [0, 0.1) is 0 Å². The number of amides is 2. The topological polar surface area (TPSA) is 53.0 Å². The number of hydrogen-bond donors (Lipinski definition) is 0. The fraction of sp³-hybridized carbons (Fsp3) is 0.526. The van der Waals surface area contributed by atoms with Crippen molar-refractivity contribution in [2.75, 3.05) is 26.2 Å². The summed E-state index contributed by atoms with van der Waals surface area (Å²) in [6, 6.07) is 8.53. The molecule has 5 nitrogen and oxygen atoms in total. The minimum Gasteiger partial charge on any atom is -0.348 e. The molecule has 3 rings (SSSR count). The standard InChI is InChI=1S/C19H25N3O2S/c1-4-15-5-7-16(8-6-15)13(2)17-18(24)20-19(25-17)22-11-9-21(10-12-22)14(3)23/h5-8,13,17H,4,9-12H2,1-3H3. The fourth-order valence-corrected chi connectivity index (χ4v) is 4.47. The molecule has 1 aromatic rings. The van der Waals surface area contributed by atoms with Crippen LogP contribution in [0.5, 0.6) is 0 Å². The maximum absolute atomic E-state index is 12.4. The zero-order valence-electron chi connectivity index (χ0n) is 15.1. The SMILES string of the molecule is CCc1ccc(C(C)C2SC(N3CCN(C(C)=O)CC3)=NC2=O)cc1. The molecule has 2 amide bonds. The normalized spacial score (nSPS) is 22.1. The number of rotatable bonds is 3. The van der Waals surface area contributed by atoms with Crippen molar-refractivity contribution in [1.82, 2.24) is 9.80 Å². The summed E-state index contributed by atoms with van der Waals surface area (Å²) in [6.45, 7) is 8.71. The summed E-state index contributed by atoms with van der Waals surface area (Å²) in [5, 5.41) is 0.656. The molecule has 134 valence electrons. The van der Waals surface area contributed by atoms with Crippen molar-refractivity contribution in [3.8, 4) is 0 Å². The number of carbonyl (C=O) groups is 2. The summed E-state index contributed by atoms with van der Waals surface area (Å²) >= 11 is 1.57. The van der Waals surface area contributed by atoms with Crippen molar-refractivity contribution < 1.29 is 9.59 Å². The number of nitrogens with zero attached hydrogens (tertiary/aromatic N) is 3. The van der Waals surface area contributed by atoms with Crippen LogP contribution in [0.4, 0.5) is 0 Å². The Balaban J connectivity index is 1.63. The predicted molar refractivity (Wildman–Crippen MR) is 102 cm³/mol. The first-order valence-corrected chi connectivity index (χ1v) is 9.76. The van der Waals surface area contributed by atoms with Crippen LogP contribution < -0.4 is 0 Å². The van der Waals surface area contributed by atoms with Crippen LogP contribution >= 0.6 is 11.8 Å². The van der Waals surface area contributed by atoms with Gasteiger partial charge in [0.05, 0.1) is 0 Å². The van der Waals surface area contributed by atoms with Crippen molar-refractivity contribution in [2.24, 2.45) is 4.99 Å². The van der Waals surface area contributed by atoms with Crippen molar-refractivity contribution in [2.45, 2.75) is 38.4 Å². The van der Waals surface area contributed by atoms with Gasteiger partial charge in [-0.15, -0.1) is 0 Å². The Labute approximate surface area is 153 Å². The molecule has 0 spiro atoms. The lowest BCUT2D eigenvalue weighted by molar-refractivity contribution is -0.130. The number of carbonyl (C=O) groups excluding carboxylic acids is 2. The minimum atomic E-state index is -0.159. The molecule has 0 bridgehead atoms. The maximum atomic E-state index is 12.4. The number of aryl methyl sites for hydroxylation is 1. The van der Waals surface area contributed by atoms with E-state index in [1.165, 1.54) is 11.1 Å². The van der Waals surface area contributed by atoms with Crippen molar-refractivity contribution in [3.63, 3.8) is 0 Å². The third-order valence-electron chi connectivity index (χ3n) is 5.04. The molecule has 2 aliphatic heterocycles. The second-order valence-corrected chi connectivity index (χ2v) is 7.76. The van der Waals surface area contributed by atoms with Gasteiger partial charge in [-0.05, 0) is 17.5 Å². The number of amidine groups is 1. The Bertz CT molecular complexity index is 678. The van der Waals surface area contributed by atoms with E-state index in [0.717, 1.165) is 24.7 Å². The van der Waals surface area contributed by atoms with Crippen molar-refractivity contribution in [3.05, 3.63) is 35.4 Å². The Morgan fingerprint density at radius 2 is 1.88 bits per heavy atom. The Morgan fingerprint density at radius 3 is 2.44 bits per heavy atom. The Morgan fingerprint density at radius 1 is 1.24 bits per heavy atom. The Hall–Kier alpha value is -1.82. The lowest BCUT2D eigenvalue weighted by Crippen LogP contribution is -2.49. The van der Waals surface area contributed by atoms with E-state index < -0.39 is 0 Å². The molecule has 2 atom stereocenters. The molecule has 0 radical (unpaired) electrons. The first kappa shape index (κ1) is 18.0. The average Bonchev–Trinajstić information content (AvgIpc) is 3.03. The van der Waals surface area contributed by atoms with E-state index in [0.29, 0.717) is 13.1 Å². The summed E-state index contributed by atoms with van der Waals surface area (Å²) in [5.74, 6) is 0.197. The van der Waals surface area contributed by atoms with Crippen LogP contribution in [-0.2, 0) is 16.0 Å². The van der Waals surface area contributed by atoms with Gasteiger partial charge in [0.15, 0.2) is 5.17 Å². The first-order chi connectivity index (χ1) is 12.0. The average molecular weight is 359 g/mol. The highest BCUT2D eigenvalue weighted by atomic mass is 32.2. The van der Waals surface area contributed by atoms with E-state index in [9.17, 15) is 9.59 Å². The zero-order chi connectivity index (χ0) is 18.0. The largest absolute Gasteiger partial charge is 0.348 e. The molecule has 1 fully saturated rings. The van der Waals surface area contributed by atoms with Gasteiger partial charge in [0.1, 0.15) is 5.25 Å². The minimum absolute atomic E-state index is 0.0407. The van der Waals surface area contributed by atoms with Crippen molar-refractivity contribution in [1.29, 1.82) is 0 Å². The number of benzene rings is 1. The summed E-state index contributed by atoms with van der Waals surface area (Å²) in [7, 11) is 0. The molecule has 2 heterocycles. The molecule has 0 aliphatic carbocycles. The molecule has 1 saturated heterocycles. The van der Waals surface area contributed by atoms with Crippen LogP contribution in [0.1, 0.15) is 37.8 Å². The monoisotopic (exact) mass is 359 g/mol. The quantitative estimate of drug-likeness (QED) is 0.832. The second kappa shape index (κ2) is 7.60. The highest BCUT2D eigenvalue weighted by Gasteiger charge is 2.36. The lowest BCUT2D eigenvalue weighted by atomic mass is 9.95.